The van der Waals surface area contributed by atoms with Crippen LogP contribution >= 0.6 is 0 Å². The molecule has 0 aliphatic carbocycles. The Kier molecular flexibility index (Phi) is 7.63. The predicted octanol–water partition coefficient (Wildman–Crippen LogP) is 1.58. The summed E-state index contributed by atoms with van der Waals surface area (Å²) in [6.45, 7) is 8.52. The van der Waals surface area contributed by atoms with Crippen molar-refractivity contribution in [3.8, 4) is 0 Å². The van der Waals surface area contributed by atoms with Crippen LogP contribution in [0.15, 0.2) is 16.8 Å². The van der Waals surface area contributed by atoms with E-state index < -0.39 is 0 Å². The second-order valence-corrected chi connectivity index (χ2v) is 4.98. The van der Waals surface area contributed by atoms with Crippen LogP contribution in [0.1, 0.15) is 34.1 Å². The lowest BCUT2D eigenvalue weighted by molar-refractivity contribution is 0.280. The lowest BCUT2D eigenvalue weighted by atomic mass is 10.1. The van der Waals surface area contributed by atoms with Crippen LogP contribution in [0.5, 0.6) is 0 Å². The smallest absolute Gasteiger partial charge is 0.0805 e. The van der Waals surface area contributed by atoms with Crippen LogP contribution < -0.4 is 11.1 Å². The largest absolute Gasteiger partial charge is 0.390 e. The van der Waals surface area contributed by atoms with Gasteiger partial charge in [-0.15, -0.1) is 0 Å². The van der Waals surface area contributed by atoms with E-state index >= 15 is 0 Å². The van der Waals surface area contributed by atoms with E-state index in [1.807, 2.05) is 13.1 Å². The molecule has 4 heteroatoms. The van der Waals surface area contributed by atoms with Gasteiger partial charge in [-0.3, -0.25) is 4.99 Å². The summed E-state index contributed by atoms with van der Waals surface area (Å²) in [6.07, 6.45) is 4.52. The maximum Gasteiger partial charge on any atom is 0.0805 e. The average Bonchev–Trinajstić information content (AvgIpc) is 2.25. The van der Waals surface area contributed by atoms with Gasteiger partial charge in [0.05, 0.1) is 12.4 Å². The Balaban J connectivity index is 4.13. The molecule has 0 rings (SSSR count). The Morgan fingerprint density at radius 3 is 2.41 bits per heavy atom. The molecule has 0 spiro atoms. The highest BCUT2D eigenvalue weighted by Crippen LogP contribution is 2.06. The van der Waals surface area contributed by atoms with Crippen molar-refractivity contribution in [1.82, 2.24) is 10.2 Å². The van der Waals surface area contributed by atoms with Gasteiger partial charge in [0.2, 0.25) is 0 Å². The molecule has 4 nitrogen and oxygen atoms in total. The van der Waals surface area contributed by atoms with Crippen LogP contribution in [0.4, 0.5) is 0 Å². The lowest BCUT2D eigenvalue weighted by Gasteiger charge is -2.23. The molecule has 3 atom stereocenters. The third-order valence-electron chi connectivity index (χ3n) is 3.14. The van der Waals surface area contributed by atoms with Crippen LogP contribution in [0.25, 0.3) is 0 Å². The molecule has 0 radical (unpaired) electrons. The Morgan fingerprint density at radius 1 is 1.35 bits per heavy atom. The third-order valence-corrected chi connectivity index (χ3v) is 3.14. The molecule has 0 bridgehead atoms. The number of hydrogen-bond donors (Lipinski definition) is 2. The van der Waals surface area contributed by atoms with Gasteiger partial charge in [0.1, 0.15) is 0 Å². The fourth-order valence-corrected chi connectivity index (χ4v) is 1.43. The molecule has 0 heterocycles. The summed E-state index contributed by atoms with van der Waals surface area (Å²) in [5, 5.41) is 3.40. The zero-order chi connectivity index (χ0) is 13.4. The first-order chi connectivity index (χ1) is 7.88. The lowest BCUT2D eigenvalue weighted by Crippen LogP contribution is -2.33. The van der Waals surface area contributed by atoms with Gasteiger partial charge in [-0.1, -0.05) is 0 Å². The Morgan fingerprint density at radius 2 is 1.94 bits per heavy atom. The van der Waals surface area contributed by atoms with Crippen LogP contribution in [0, 0.1) is 0 Å². The molecule has 0 aromatic heterocycles. The van der Waals surface area contributed by atoms with Crippen LogP contribution in [0.3, 0.4) is 0 Å². The quantitative estimate of drug-likeness (QED) is 0.525. The van der Waals surface area contributed by atoms with Gasteiger partial charge in [0.25, 0.3) is 0 Å². The Bertz CT molecular complexity index is 258. The van der Waals surface area contributed by atoms with Crippen molar-refractivity contribution in [1.29, 1.82) is 0 Å². The first kappa shape index (κ1) is 16.0. The summed E-state index contributed by atoms with van der Waals surface area (Å²) < 4.78 is 0. The van der Waals surface area contributed by atoms with Crippen molar-refractivity contribution in [2.45, 2.75) is 52.2 Å². The number of rotatable bonds is 7. The Labute approximate surface area is 106 Å². The minimum absolute atomic E-state index is 0.144. The first-order valence-corrected chi connectivity index (χ1v) is 6.21. The van der Waals surface area contributed by atoms with E-state index in [9.17, 15) is 0 Å². The molecule has 0 aromatic carbocycles. The summed E-state index contributed by atoms with van der Waals surface area (Å²) in [7, 11) is 4.22. The van der Waals surface area contributed by atoms with E-state index in [0.717, 1.165) is 6.42 Å². The molecular formula is C13H28N4. The van der Waals surface area contributed by atoms with Gasteiger partial charge < -0.3 is 16.0 Å². The third kappa shape index (κ3) is 7.00. The van der Waals surface area contributed by atoms with E-state index in [1.165, 1.54) is 11.9 Å². The SMILES string of the molecule is C/C(=C\N[C@@H](C)C[C@H](C)N(C)C)C(C)N=CN. The second-order valence-electron chi connectivity index (χ2n) is 4.98. The fourth-order valence-electron chi connectivity index (χ4n) is 1.43. The highest BCUT2D eigenvalue weighted by molar-refractivity contribution is 5.52. The highest BCUT2D eigenvalue weighted by atomic mass is 15.1. The number of nitrogens with two attached hydrogens (primary N) is 1. The number of hydrogen-bond acceptors (Lipinski definition) is 3. The summed E-state index contributed by atoms with van der Waals surface area (Å²) in [4.78, 5) is 6.36. The molecule has 0 fully saturated rings. The first-order valence-electron chi connectivity index (χ1n) is 6.21. The van der Waals surface area contributed by atoms with E-state index in [2.05, 4.69) is 50.1 Å². The molecule has 0 amide bonds. The summed E-state index contributed by atoms with van der Waals surface area (Å²) >= 11 is 0. The number of nitrogens with one attached hydrogen (secondary N) is 1. The summed E-state index contributed by atoms with van der Waals surface area (Å²) in [6, 6.07) is 1.17. The van der Waals surface area contributed by atoms with E-state index in [4.69, 9.17) is 5.73 Å². The fraction of sp³-hybridized carbons (Fsp3) is 0.769. The Hall–Kier alpha value is -1.03. The van der Waals surface area contributed by atoms with Crippen molar-refractivity contribution in [3.05, 3.63) is 11.8 Å². The topological polar surface area (TPSA) is 53.6 Å². The minimum atomic E-state index is 0.144. The molecule has 0 aliphatic heterocycles. The van der Waals surface area contributed by atoms with Crippen molar-refractivity contribution in [2.75, 3.05) is 14.1 Å². The van der Waals surface area contributed by atoms with E-state index in [0.29, 0.717) is 12.1 Å². The number of aliphatic imine (C=N–C) groups is 1. The monoisotopic (exact) mass is 240 g/mol. The van der Waals surface area contributed by atoms with Gasteiger partial charge in [-0.05, 0) is 60.0 Å². The van der Waals surface area contributed by atoms with Gasteiger partial charge in [0.15, 0.2) is 0 Å². The van der Waals surface area contributed by atoms with Crippen molar-refractivity contribution in [2.24, 2.45) is 10.7 Å². The maximum absolute atomic E-state index is 5.28. The van der Waals surface area contributed by atoms with E-state index in [1.54, 1.807) is 0 Å². The molecule has 17 heavy (non-hydrogen) atoms. The van der Waals surface area contributed by atoms with Gasteiger partial charge in [0, 0.05) is 12.1 Å². The van der Waals surface area contributed by atoms with Crippen LogP contribution in [0.2, 0.25) is 0 Å². The molecule has 0 saturated carbocycles. The van der Waals surface area contributed by atoms with Gasteiger partial charge in [-0.25, -0.2) is 0 Å². The molecule has 3 N–H and O–H groups in total. The predicted molar refractivity (Wildman–Crippen MR) is 76.3 cm³/mol. The minimum Gasteiger partial charge on any atom is -0.390 e. The molecule has 100 valence electrons. The van der Waals surface area contributed by atoms with Gasteiger partial charge in [-0.2, -0.15) is 0 Å². The number of nitrogens with zero attached hydrogens (tertiary/aromatic N) is 2. The normalized spacial score (nSPS) is 18.4. The van der Waals surface area contributed by atoms with Crippen molar-refractivity contribution in [3.63, 3.8) is 0 Å². The molecule has 1 unspecified atom stereocenters. The van der Waals surface area contributed by atoms with Crippen LogP contribution in [-0.4, -0.2) is 43.5 Å². The molecule has 0 aliphatic rings. The molecule has 0 aromatic rings. The van der Waals surface area contributed by atoms with E-state index in [-0.39, 0.29) is 6.04 Å². The summed E-state index contributed by atoms with van der Waals surface area (Å²) in [5.41, 5.74) is 6.47. The van der Waals surface area contributed by atoms with Crippen molar-refractivity contribution >= 4 is 6.34 Å². The van der Waals surface area contributed by atoms with Crippen LogP contribution in [-0.2, 0) is 0 Å². The zero-order valence-electron chi connectivity index (χ0n) is 12.1. The summed E-state index contributed by atoms with van der Waals surface area (Å²) in [5.74, 6) is 0. The second kappa shape index (κ2) is 8.12. The molecular weight excluding hydrogens is 212 g/mol. The highest BCUT2D eigenvalue weighted by Gasteiger charge is 2.09. The standard InChI is InChI=1S/C13H28N4/c1-10(13(4)16-9-14)8-15-11(2)7-12(3)17(5)6/h8-9,11-13,15H,7H2,1-6H3,(H2,14,16)/b10-8+/t11-,12-,13?/m0/s1. The maximum atomic E-state index is 5.28. The molecule has 0 saturated heterocycles. The average molecular weight is 240 g/mol. The zero-order valence-corrected chi connectivity index (χ0v) is 12.1. The van der Waals surface area contributed by atoms with Crippen molar-refractivity contribution < 1.29 is 0 Å². The van der Waals surface area contributed by atoms with Gasteiger partial charge >= 0.3 is 0 Å².